The molecular weight excluding hydrogens is 901 g/mol. The summed E-state index contributed by atoms with van der Waals surface area (Å²) in [7, 11) is 0. The van der Waals surface area contributed by atoms with E-state index in [1.165, 1.54) is 218 Å². The van der Waals surface area contributed by atoms with Crippen LogP contribution in [0, 0.1) is 0 Å². The van der Waals surface area contributed by atoms with Crippen molar-refractivity contribution in [3.05, 3.63) is 48.6 Å². The van der Waals surface area contributed by atoms with Crippen molar-refractivity contribution in [1.82, 2.24) is 0 Å². The van der Waals surface area contributed by atoms with Gasteiger partial charge >= 0.3 is 17.9 Å². The summed E-state index contributed by atoms with van der Waals surface area (Å²) in [6, 6.07) is 0. The standard InChI is InChI=1S/C67H122O6/c1-4-7-10-13-16-18-20-22-24-26-28-30-32-33-35-36-38-40-42-44-46-48-51-54-57-60-66(69)72-63-64(62-71-65(68)59-56-53-50-15-12-9-6-3)73-67(70)61-58-55-52-49-47-45-43-41-39-37-34-31-29-27-25-23-21-19-17-14-11-8-5-2/h7,10,16,18,22,24,28,30,64H,4-6,8-9,11-15,17,19-21,23,25-27,29,31-63H2,1-3H3/b10-7-,18-16-,24-22-,30-28-. The Hall–Kier alpha value is -2.63. The molecule has 0 heterocycles. The molecule has 1 unspecified atom stereocenters. The average Bonchev–Trinajstić information content (AvgIpc) is 3.39. The molecule has 0 saturated carbocycles. The van der Waals surface area contributed by atoms with Gasteiger partial charge in [-0.25, -0.2) is 0 Å². The van der Waals surface area contributed by atoms with Crippen molar-refractivity contribution in [2.75, 3.05) is 13.2 Å². The number of rotatable bonds is 59. The number of hydrogen-bond donors (Lipinski definition) is 0. The highest BCUT2D eigenvalue weighted by Gasteiger charge is 2.19. The molecule has 0 N–H and O–H groups in total. The molecule has 0 aliphatic heterocycles. The highest BCUT2D eigenvalue weighted by Crippen LogP contribution is 2.18. The minimum atomic E-state index is -0.768. The van der Waals surface area contributed by atoms with E-state index in [1.807, 2.05) is 0 Å². The number of allylic oxidation sites excluding steroid dienone is 8. The Labute approximate surface area is 454 Å². The Morgan fingerprint density at radius 1 is 0.288 bits per heavy atom. The number of ether oxygens (including phenoxy) is 3. The lowest BCUT2D eigenvalue weighted by Crippen LogP contribution is -2.30. The van der Waals surface area contributed by atoms with Crippen molar-refractivity contribution < 1.29 is 28.6 Å². The van der Waals surface area contributed by atoms with Crippen molar-refractivity contribution in [3.8, 4) is 0 Å². The lowest BCUT2D eigenvalue weighted by Gasteiger charge is -2.18. The molecule has 0 aromatic rings. The number of esters is 3. The second kappa shape index (κ2) is 61.9. The smallest absolute Gasteiger partial charge is 0.306 e. The van der Waals surface area contributed by atoms with E-state index < -0.39 is 6.10 Å². The predicted octanol–water partition coefficient (Wildman–Crippen LogP) is 21.8. The molecule has 73 heavy (non-hydrogen) atoms. The maximum Gasteiger partial charge on any atom is 0.306 e. The van der Waals surface area contributed by atoms with Crippen LogP contribution < -0.4 is 0 Å². The van der Waals surface area contributed by atoms with Gasteiger partial charge in [0.15, 0.2) is 6.10 Å². The van der Waals surface area contributed by atoms with Crippen LogP contribution in [0.25, 0.3) is 0 Å². The van der Waals surface area contributed by atoms with Gasteiger partial charge in [0, 0.05) is 19.3 Å². The van der Waals surface area contributed by atoms with Gasteiger partial charge in [-0.15, -0.1) is 0 Å². The second-order valence-electron chi connectivity index (χ2n) is 21.7. The van der Waals surface area contributed by atoms with Crippen molar-refractivity contribution >= 4 is 17.9 Å². The Balaban J connectivity index is 4.09. The fourth-order valence-electron chi connectivity index (χ4n) is 9.56. The summed E-state index contributed by atoms with van der Waals surface area (Å²) in [6.07, 6.45) is 77.2. The van der Waals surface area contributed by atoms with E-state index in [9.17, 15) is 14.4 Å². The third-order valence-electron chi connectivity index (χ3n) is 14.3. The van der Waals surface area contributed by atoms with Crippen LogP contribution in [0.4, 0.5) is 0 Å². The molecule has 1 atom stereocenters. The summed E-state index contributed by atoms with van der Waals surface area (Å²) >= 11 is 0. The first-order valence-corrected chi connectivity index (χ1v) is 32.1. The van der Waals surface area contributed by atoms with E-state index in [0.717, 1.165) is 83.5 Å². The van der Waals surface area contributed by atoms with Crippen LogP contribution in [-0.4, -0.2) is 37.2 Å². The monoisotopic (exact) mass is 1020 g/mol. The molecule has 426 valence electrons. The van der Waals surface area contributed by atoms with Gasteiger partial charge in [0.25, 0.3) is 0 Å². The van der Waals surface area contributed by atoms with Crippen molar-refractivity contribution in [2.24, 2.45) is 0 Å². The Morgan fingerprint density at radius 2 is 0.534 bits per heavy atom. The van der Waals surface area contributed by atoms with Gasteiger partial charge in [-0.1, -0.05) is 313 Å². The summed E-state index contributed by atoms with van der Waals surface area (Å²) in [5.41, 5.74) is 0. The molecule has 6 heteroatoms. The Bertz CT molecular complexity index is 1270. The molecule has 0 radical (unpaired) electrons. The topological polar surface area (TPSA) is 78.9 Å². The van der Waals surface area contributed by atoms with Crippen molar-refractivity contribution in [2.45, 2.75) is 348 Å². The fourth-order valence-corrected chi connectivity index (χ4v) is 9.56. The molecule has 0 saturated heterocycles. The van der Waals surface area contributed by atoms with E-state index in [4.69, 9.17) is 14.2 Å². The summed E-state index contributed by atoms with van der Waals surface area (Å²) in [6.45, 7) is 6.54. The number of carbonyl (C=O) groups is 3. The molecule has 0 aliphatic rings. The average molecular weight is 1020 g/mol. The summed E-state index contributed by atoms with van der Waals surface area (Å²) < 4.78 is 16.9. The quantitative estimate of drug-likeness (QED) is 0.0261. The van der Waals surface area contributed by atoms with Gasteiger partial charge < -0.3 is 14.2 Å². The van der Waals surface area contributed by atoms with Crippen LogP contribution in [0.5, 0.6) is 0 Å². The van der Waals surface area contributed by atoms with Crippen LogP contribution in [0.15, 0.2) is 48.6 Å². The second-order valence-corrected chi connectivity index (χ2v) is 21.7. The summed E-state index contributed by atoms with van der Waals surface area (Å²) in [4.78, 5) is 38.1. The molecule has 0 amide bonds. The van der Waals surface area contributed by atoms with Gasteiger partial charge in [-0.2, -0.15) is 0 Å². The molecule has 0 fully saturated rings. The van der Waals surface area contributed by atoms with Crippen molar-refractivity contribution in [3.63, 3.8) is 0 Å². The number of hydrogen-bond acceptors (Lipinski definition) is 6. The van der Waals surface area contributed by atoms with E-state index in [1.54, 1.807) is 0 Å². The molecule has 0 aromatic carbocycles. The molecule has 0 bridgehead atoms. The van der Waals surface area contributed by atoms with Crippen LogP contribution in [0.1, 0.15) is 342 Å². The zero-order valence-corrected chi connectivity index (χ0v) is 48.9. The third-order valence-corrected chi connectivity index (χ3v) is 14.3. The number of carbonyl (C=O) groups excluding carboxylic acids is 3. The molecular formula is C67H122O6. The molecule has 0 aliphatic carbocycles. The van der Waals surface area contributed by atoms with Crippen LogP contribution in [0.3, 0.4) is 0 Å². The normalized spacial score (nSPS) is 12.3. The SMILES string of the molecule is CC/C=C\C/C=C\C/C=C\C/C=C\CCCCCCCCCCCCCCC(=O)OCC(COC(=O)CCCCCCCCC)OC(=O)CCCCCCCCCCCCCCCCCCCCCCCCC. The summed E-state index contributed by atoms with van der Waals surface area (Å²) in [5.74, 6) is -0.857. The van der Waals surface area contributed by atoms with E-state index >= 15 is 0 Å². The lowest BCUT2D eigenvalue weighted by atomic mass is 10.0. The zero-order chi connectivity index (χ0) is 52.9. The van der Waals surface area contributed by atoms with E-state index in [2.05, 4.69) is 69.4 Å². The third kappa shape index (κ3) is 60.1. The first kappa shape index (κ1) is 70.4. The predicted molar refractivity (Wildman–Crippen MR) is 316 cm³/mol. The van der Waals surface area contributed by atoms with Gasteiger partial charge in [0.2, 0.25) is 0 Å². The van der Waals surface area contributed by atoms with Crippen LogP contribution in [-0.2, 0) is 28.6 Å². The van der Waals surface area contributed by atoms with E-state index in [0.29, 0.717) is 19.3 Å². The Morgan fingerprint density at radius 3 is 0.836 bits per heavy atom. The van der Waals surface area contributed by atoms with Gasteiger partial charge in [0.05, 0.1) is 0 Å². The molecule has 0 aromatic heterocycles. The minimum absolute atomic E-state index is 0.0690. The first-order chi connectivity index (χ1) is 36.0. The number of unbranched alkanes of at least 4 members (excludes halogenated alkanes) is 40. The highest BCUT2D eigenvalue weighted by molar-refractivity contribution is 5.71. The van der Waals surface area contributed by atoms with E-state index in [-0.39, 0.29) is 31.1 Å². The largest absolute Gasteiger partial charge is 0.462 e. The highest BCUT2D eigenvalue weighted by atomic mass is 16.6. The van der Waals surface area contributed by atoms with Crippen LogP contribution in [0.2, 0.25) is 0 Å². The molecule has 0 spiro atoms. The Kier molecular flexibility index (Phi) is 59.7. The van der Waals surface area contributed by atoms with Gasteiger partial charge in [-0.05, 0) is 57.8 Å². The van der Waals surface area contributed by atoms with Gasteiger partial charge in [0.1, 0.15) is 13.2 Å². The zero-order valence-electron chi connectivity index (χ0n) is 48.9. The van der Waals surface area contributed by atoms with Crippen LogP contribution >= 0.6 is 0 Å². The lowest BCUT2D eigenvalue weighted by molar-refractivity contribution is -0.167. The van der Waals surface area contributed by atoms with Crippen molar-refractivity contribution in [1.29, 1.82) is 0 Å². The maximum absolute atomic E-state index is 12.9. The van der Waals surface area contributed by atoms with Gasteiger partial charge in [-0.3, -0.25) is 14.4 Å². The molecule has 0 rings (SSSR count). The fraction of sp³-hybridized carbons (Fsp3) is 0.836. The minimum Gasteiger partial charge on any atom is -0.462 e. The maximum atomic E-state index is 12.9. The molecule has 6 nitrogen and oxygen atoms in total. The first-order valence-electron chi connectivity index (χ1n) is 32.1. The summed E-state index contributed by atoms with van der Waals surface area (Å²) in [5, 5.41) is 0.